The molecule has 174 valence electrons. The maximum atomic E-state index is 11.9. The standard InChI is InChI=1S/C27H32N2O4/c1-6-8-21-17-29(18-22-13-12-20(27(31)33-5)16-25(22)32-4)24-15-19(11-14-23(21)24)9-7-10-26(30)28(2)3/h7,9,11-17H,6,8,10,18H2,1-5H3/b9-7+. The molecule has 1 amide bonds. The van der Waals surface area contributed by atoms with Crippen LogP contribution in [-0.2, 0) is 22.5 Å². The van der Waals surface area contributed by atoms with Crippen LogP contribution in [-0.4, -0.2) is 49.7 Å². The molecule has 1 heterocycles. The molecule has 0 unspecified atom stereocenters. The fourth-order valence-electron chi connectivity index (χ4n) is 3.87. The smallest absolute Gasteiger partial charge is 0.337 e. The van der Waals surface area contributed by atoms with Crippen molar-refractivity contribution in [1.29, 1.82) is 0 Å². The van der Waals surface area contributed by atoms with Crippen LogP contribution in [0.5, 0.6) is 5.75 Å². The van der Waals surface area contributed by atoms with Gasteiger partial charge in [0.1, 0.15) is 5.75 Å². The lowest BCUT2D eigenvalue weighted by Gasteiger charge is -2.12. The van der Waals surface area contributed by atoms with Crippen LogP contribution < -0.4 is 4.74 Å². The number of ether oxygens (including phenoxy) is 2. The minimum Gasteiger partial charge on any atom is -0.496 e. The van der Waals surface area contributed by atoms with Crippen molar-refractivity contribution in [3.8, 4) is 5.75 Å². The lowest BCUT2D eigenvalue weighted by Crippen LogP contribution is -2.20. The van der Waals surface area contributed by atoms with Crippen LogP contribution in [0.3, 0.4) is 0 Å². The summed E-state index contributed by atoms with van der Waals surface area (Å²) >= 11 is 0. The highest BCUT2D eigenvalue weighted by atomic mass is 16.5. The predicted octanol–water partition coefficient (Wildman–Crippen LogP) is 4.93. The lowest BCUT2D eigenvalue weighted by molar-refractivity contribution is -0.127. The van der Waals surface area contributed by atoms with Gasteiger partial charge in [0.2, 0.25) is 5.91 Å². The molecular formula is C27H32N2O4. The molecule has 6 heteroatoms. The minimum absolute atomic E-state index is 0.0726. The molecule has 0 aliphatic rings. The molecule has 2 aromatic carbocycles. The number of methoxy groups -OCH3 is 2. The third kappa shape index (κ3) is 5.64. The Labute approximate surface area is 195 Å². The van der Waals surface area contributed by atoms with E-state index in [2.05, 4.69) is 35.9 Å². The van der Waals surface area contributed by atoms with Crippen LogP contribution in [0.4, 0.5) is 0 Å². The summed E-state index contributed by atoms with van der Waals surface area (Å²) in [6.45, 7) is 2.79. The second kappa shape index (κ2) is 10.9. The number of benzene rings is 2. The van der Waals surface area contributed by atoms with E-state index in [0.717, 1.165) is 29.5 Å². The Bertz CT molecular complexity index is 1170. The summed E-state index contributed by atoms with van der Waals surface area (Å²) < 4.78 is 12.6. The maximum absolute atomic E-state index is 11.9. The number of hydrogen-bond acceptors (Lipinski definition) is 4. The van der Waals surface area contributed by atoms with Crippen LogP contribution in [0.2, 0.25) is 0 Å². The molecule has 6 nitrogen and oxygen atoms in total. The minimum atomic E-state index is -0.388. The van der Waals surface area contributed by atoms with Crippen molar-refractivity contribution in [2.45, 2.75) is 32.7 Å². The van der Waals surface area contributed by atoms with Gasteiger partial charge in [-0.3, -0.25) is 4.79 Å². The van der Waals surface area contributed by atoms with Crippen molar-refractivity contribution < 1.29 is 19.1 Å². The quantitative estimate of drug-likeness (QED) is 0.436. The number of aromatic nitrogens is 1. The summed E-state index contributed by atoms with van der Waals surface area (Å²) in [5.74, 6) is 0.333. The molecule has 0 aliphatic carbocycles. The van der Waals surface area contributed by atoms with Gasteiger partial charge in [-0.1, -0.05) is 43.7 Å². The number of carbonyl (C=O) groups is 2. The van der Waals surface area contributed by atoms with Crippen LogP contribution >= 0.6 is 0 Å². The van der Waals surface area contributed by atoms with E-state index in [1.54, 1.807) is 38.2 Å². The first-order valence-electron chi connectivity index (χ1n) is 11.1. The number of aryl methyl sites for hydroxylation is 1. The van der Waals surface area contributed by atoms with Crippen molar-refractivity contribution in [1.82, 2.24) is 9.47 Å². The molecule has 0 fully saturated rings. The molecule has 0 aliphatic heterocycles. The maximum Gasteiger partial charge on any atom is 0.337 e. The van der Waals surface area contributed by atoms with Crippen LogP contribution in [0.15, 0.2) is 48.7 Å². The van der Waals surface area contributed by atoms with Crippen molar-refractivity contribution in [2.75, 3.05) is 28.3 Å². The number of esters is 1. The molecule has 0 radical (unpaired) electrons. The third-order valence-electron chi connectivity index (χ3n) is 5.66. The average Bonchev–Trinajstić information content (AvgIpc) is 3.15. The highest BCUT2D eigenvalue weighted by molar-refractivity contribution is 5.90. The second-order valence-corrected chi connectivity index (χ2v) is 8.22. The predicted molar refractivity (Wildman–Crippen MR) is 132 cm³/mol. The normalized spacial score (nSPS) is 11.2. The molecule has 1 aromatic heterocycles. The second-order valence-electron chi connectivity index (χ2n) is 8.22. The van der Waals surface area contributed by atoms with E-state index in [9.17, 15) is 9.59 Å². The molecule has 0 bridgehead atoms. The number of rotatable bonds is 9. The highest BCUT2D eigenvalue weighted by Gasteiger charge is 2.14. The number of fused-ring (bicyclic) bond motifs is 1. The fraction of sp³-hybridized carbons (Fsp3) is 0.333. The van der Waals surface area contributed by atoms with E-state index in [-0.39, 0.29) is 11.9 Å². The van der Waals surface area contributed by atoms with Crippen molar-refractivity contribution >= 4 is 28.9 Å². The molecule has 0 atom stereocenters. The summed E-state index contributed by atoms with van der Waals surface area (Å²) in [6, 6.07) is 11.8. The van der Waals surface area contributed by atoms with Gasteiger partial charge in [-0.15, -0.1) is 0 Å². The monoisotopic (exact) mass is 448 g/mol. The molecule has 0 N–H and O–H groups in total. The van der Waals surface area contributed by atoms with Gasteiger partial charge in [0.25, 0.3) is 0 Å². The molecule has 3 rings (SSSR count). The Hall–Kier alpha value is -3.54. The zero-order valence-corrected chi connectivity index (χ0v) is 20.1. The molecular weight excluding hydrogens is 416 g/mol. The topological polar surface area (TPSA) is 60.8 Å². The van der Waals surface area contributed by atoms with Gasteiger partial charge in [-0.25, -0.2) is 4.79 Å². The zero-order chi connectivity index (χ0) is 24.0. The van der Waals surface area contributed by atoms with Gasteiger partial charge in [-0.05, 0) is 35.7 Å². The van der Waals surface area contributed by atoms with Crippen LogP contribution in [0, 0.1) is 0 Å². The van der Waals surface area contributed by atoms with E-state index in [1.807, 2.05) is 18.2 Å². The van der Waals surface area contributed by atoms with Crippen LogP contribution in [0.25, 0.3) is 17.0 Å². The van der Waals surface area contributed by atoms with Gasteiger partial charge in [-0.2, -0.15) is 0 Å². The Morgan fingerprint density at radius 1 is 1.06 bits per heavy atom. The molecule has 0 saturated carbocycles. The first-order chi connectivity index (χ1) is 15.9. The zero-order valence-electron chi connectivity index (χ0n) is 20.1. The van der Waals surface area contributed by atoms with Gasteiger partial charge in [0.15, 0.2) is 0 Å². The number of nitrogens with zero attached hydrogens (tertiary/aromatic N) is 2. The first-order valence-corrected chi connectivity index (χ1v) is 11.1. The van der Waals surface area contributed by atoms with E-state index >= 15 is 0 Å². The number of amides is 1. The van der Waals surface area contributed by atoms with E-state index < -0.39 is 0 Å². The largest absolute Gasteiger partial charge is 0.496 e. The van der Waals surface area contributed by atoms with E-state index in [1.165, 1.54) is 18.1 Å². The Balaban J connectivity index is 1.97. The SMILES string of the molecule is CCCc1cn(Cc2ccc(C(=O)OC)cc2OC)c2cc(/C=C/CC(=O)N(C)C)ccc12. The van der Waals surface area contributed by atoms with Crippen LogP contribution in [0.1, 0.15) is 46.8 Å². The first kappa shape index (κ1) is 24.1. The number of hydrogen-bond donors (Lipinski definition) is 0. The van der Waals surface area contributed by atoms with E-state index in [4.69, 9.17) is 9.47 Å². The summed E-state index contributed by atoms with van der Waals surface area (Å²) in [5.41, 5.74) is 4.91. The number of carbonyl (C=O) groups excluding carboxylic acids is 2. The lowest BCUT2D eigenvalue weighted by atomic mass is 10.1. The van der Waals surface area contributed by atoms with E-state index in [0.29, 0.717) is 24.3 Å². The molecule has 3 aromatic rings. The van der Waals surface area contributed by atoms with Crippen molar-refractivity contribution in [3.63, 3.8) is 0 Å². The van der Waals surface area contributed by atoms with Crippen molar-refractivity contribution in [2.24, 2.45) is 0 Å². The van der Waals surface area contributed by atoms with Gasteiger partial charge >= 0.3 is 5.97 Å². The average molecular weight is 449 g/mol. The van der Waals surface area contributed by atoms with Crippen molar-refractivity contribution in [3.05, 3.63) is 70.9 Å². The van der Waals surface area contributed by atoms with Gasteiger partial charge < -0.3 is 18.9 Å². The van der Waals surface area contributed by atoms with Gasteiger partial charge in [0, 0.05) is 43.2 Å². The molecule has 33 heavy (non-hydrogen) atoms. The van der Waals surface area contributed by atoms with Gasteiger partial charge in [0.05, 0.1) is 26.3 Å². The highest BCUT2D eigenvalue weighted by Crippen LogP contribution is 2.28. The Kier molecular flexibility index (Phi) is 7.93. The third-order valence-corrected chi connectivity index (χ3v) is 5.66. The Morgan fingerprint density at radius 3 is 2.52 bits per heavy atom. The Morgan fingerprint density at radius 2 is 1.85 bits per heavy atom. The fourth-order valence-corrected chi connectivity index (χ4v) is 3.87. The summed E-state index contributed by atoms with van der Waals surface area (Å²) in [7, 11) is 6.49. The summed E-state index contributed by atoms with van der Waals surface area (Å²) in [6.07, 6.45) is 8.52. The molecule has 0 saturated heterocycles. The summed E-state index contributed by atoms with van der Waals surface area (Å²) in [5, 5.41) is 1.23. The molecule has 0 spiro atoms. The summed E-state index contributed by atoms with van der Waals surface area (Å²) in [4.78, 5) is 25.3.